The molecule has 0 bridgehead atoms. The summed E-state index contributed by atoms with van der Waals surface area (Å²) in [7, 11) is 2.18. The molecular weight excluding hydrogens is 248 g/mol. The van der Waals surface area contributed by atoms with Crippen molar-refractivity contribution in [2.75, 3.05) is 44.7 Å². The second-order valence-electron chi connectivity index (χ2n) is 6.17. The molecule has 0 saturated carbocycles. The molecule has 0 aromatic carbocycles. The fourth-order valence-electron chi connectivity index (χ4n) is 2.37. The predicted molar refractivity (Wildman–Crippen MR) is 85.1 cm³/mol. The Labute approximate surface area is 123 Å². The van der Waals surface area contributed by atoms with Crippen molar-refractivity contribution in [2.24, 2.45) is 5.92 Å². The first-order valence-electron chi connectivity index (χ1n) is 7.74. The van der Waals surface area contributed by atoms with E-state index in [2.05, 4.69) is 53.1 Å². The summed E-state index contributed by atoms with van der Waals surface area (Å²) < 4.78 is 0. The maximum atomic E-state index is 4.61. The van der Waals surface area contributed by atoms with Crippen molar-refractivity contribution in [3.8, 4) is 0 Å². The third-order valence-corrected chi connectivity index (χ3v) is 3.86. The zero-order valence-electron chi connectivity index (χ0n) is 13.1. The van der Waals surface area contributed by atoms with E-state index < -0.39 is 0 Å². The Kier molecular flexibility index (Phi) is 5.80. The van der Waals surface area contributed by atoms with Gasteiger partial charge in [0.2, 0.25) is 0 Å². The SMILES string of the molecule is CC(C)CCNCc1ccc(N2CCN(C)CC2)nc1. The molecule has 1 N–H and O–H groups in total. The second-order valence-corrected chi connectivity index (χ2v) is 6.17. The molecule has 1 aromatic rings. The van der Waals surface area contributed by atoms with Crippen molar-refractivity contribution >= 4 is 5.82 Å². The number of nitrogens with zero attached hydrogens (tertiary/aromatic N) is 3. The van der Waals surface area contributed by atoms with E-state index in [1.54, 1.807) is 0 Å². The van der Waals surface area contributed by atoms with Crippen molar-refractivity contribution in [1.29, 1.82) is 0 Å². The maximum Gasteiger partial charge on any atom is 0.128 e. The van der Waals surface area contributed by atoms with Crippen LogP contribution in [-0.2, 0) is 6.54 Å². The largest absolute Gasteiger partial charge is 0.354 e. The zero-order chi connectivity index (χ0) is 14.4. The quantitative estimate of drug-likeness (QED) is 0.805. The number of rotatable bonds is 6. The lowest BCUT2D eigenvalue weighted by Crippen LogP contribution is -2.44. The normalized spacial score (nSPS) is 16.9. The number of aromatic nitrogens is 1. The topological polar surface area (TPSA) is 31.4 Å². The molecule has 2 heterocycles. The molecule has 4 heteroatoms. The zero-order valence-corrected chi connectivity index (χ0v) is 13.1. The van der Waals surface area contributed by atoms with Crippen molar-refractivity contribution < 1.29 is 0 Å². The van der Waals surface area contributed by atoms with Gasteiger partial charge in [0.1, 0.15) is 5.82 Å². The van der Waals surface area contributed by atoms with E-state index in [9.17, 15) is 0 Å². The van der Waals surface area contributed by atoms with Crippen molar-refractivity contribution in [2.45, 2.75) is 26.8 Å². The van der Waals surface area contributed by atoms with Gasteiger partial charge in [-0.2, -0.15) is 0 Å². The Morgan fingerprint density at radius 3 is 2.55 bits per heavy atom. The average molecular weight is 276 g/mol. The fourth-order valence-corrected chi connectivity index (χ4v) is 2.37. The minimum atomic E-state index is 0.764. The van der Waals surface area contributed by atoms with E-state index in [0.717, 1.165) is 51.0 Å². The number of pyridine rings is 1. The Balaban J connectivity index is 1.77. The van der Waals surface area contributed by atoms with Crippen LogP contribution in [0.3, 0.4) is 0 Å². The van der Waals surface area contributed by atoms with Crippen LogP contribution in [0.15, 0.2) is 18.3 Å². The number of hydrogen-bond acceptors (Lipinski definition) is 4. The molecule has 1 aliphatic rings. The Morgan fingerprint density at radius 2 is 1.95 bits per heavy atom. The Bertz CT molecular complexity index is 380. The van der Waals surface area contributed by atoms with Gasteiger partial charge < -0.3 is 15.1 Å². The van der Waals surface area contributed by atoms with Gasteiger partial charge in [-0.1, -0.05) is 19.9 Å². The van der Waals surface area contributed by atoms with Crippen LogP contribution in [0.4, 0.5) is 5.82 Å². The smallest absolute Gasteiger partial charge is 0.128 e. The summed E-state index contributed by atoms with van der Waals surface area (Å²) in [6.45, 7) is 10.9. The van der Waals surface area contributed by atoms with Crippen LogP contribution in [0.25, 0.3) is 0 Å². The van der Waals surface area contributed by atoms with Crippen LogP contribution in [-0.4, -0.2) is 49.7 Å². The highest BCUT2D eigenvalue weighted by molar-refractivity contribution is 5.39. The lowest BCUT2D eigenvalue weighted by molar-refractivity contribution is 0.312. The van der Waals surface area contributed by atoms with Crippen LogP contribution in [0.1, 0.15) is 25.8 Å². The molecule has 112 valence electrons. The molecular formula is C16H28N4. The van der Waals surface area contributed by atoms with Gasteiger partial charge >= 0.3 is 0 Å². The summed E-state index contributed by atoms with van der Waals surface area (Å²) in [4.78, 5) is 9.34. The summed E-state index contributed by atoms with van der Waals surface area (Å²) in [5.74, 6) is 1.88. The highest BCUT2D eigenvalue weighted by Gasteiger charge is 2.14. The summed E-state index contributed by atoms with van der Waals surface area (Å²) in [6, 6.07) is 4.35. The first-order valence-corrected chi connectivity index (χ1v) is 7.74. The van der Waals surface area contributed by atoms with Crippen LogP contribution >= 0.6 is 0 Å². The molecule has 20 heavy (non-hydrogen) atoms. The van der Waals surface area contributed by atoms with Crippen molar-refractivity contribution in [3.63, 3.8) is 0 Å². The molecule has 1 aliphatic heterocycles. The van der Waals surface area contributed by atoms with E-state index in [4.69, 9.17) is 0 Å². The van der Waals surface area contributed by atoms with E-state index in [1.807, 2.05) is 6.20 Å². The molecule has 1 fully saturated rings. The van der Waals surface area contributed by atoms with Crippen LogP contribution in [0.5, 0.6) is 0 Å². The van der Waals surface area contributed by atoms with E-state index in [1.165, 1.54) is 12.0 Å². The van der Waals surface area contributed by atoms with Gasteiger partial charge in [0, 0.05) is 38.9 Å². The van der Waals surface area contributed by atoms with Crippen molar-refractivity contribution in [1.82, 2.24) is 15.2 Å². The predicted octanol–water partition coefficient (Wildman–Crippen LogP) is 1.97. The molecule has 0 spiro atoms. The molecule has 0 unspecified atom stereocenters. The molecule has 2 rings (SSSR count). The number of anilines is 1. The highest BCUT2D eigenvalue weighted by Crippen LogP contribution is 2.13. The van der Waals surface area contributed by atoms with Gasteiger partial charge in [-0.25, -0.2) is 4.98 Å². The Morgan fingerprint density at radius 1 is 1.20 bits per heavy atom. The van der Waals surface area contributed by atoms with Crippen LogP contribution in [0.2, 0.25) is 0 Å². The van der Waals surface area contributed by atoms with Crippen LogP contribution < -0.4 is 10.2 Å². The average Bonchev–Trinajstić information content (AvgIpc) is 2.45. The third-order valence-electron chi connectivity index (χ3n) is 3.86. The first kappa shape index (κ1) is 15.3. The molecule has 0 radical (unpaired) electrons. The van der Waals surface area contributed by atoms with E-state index >= 15 is 0 Å². The summed E-state index contributed by atoms with van der Waals surface area (Å²) in [5, 5.41) is 3.48. The van der Waals surface area contributed by atoms with Gasteiger partial charge in [0.15, 0.2) is 0 Å². The lowest BCUT2D eigenvalue weighted by Gasteiger charge is -2.33. The molecule has 0 atom stereocenters. The minimum Gasteiger partial charge on any atom is -0.354 e. The molecule has 1 saturated heterocycles. The summed E-state index contributed by atoms with van der Waals surface area (Å²) in [5.41, 5.74) is 1.27. The lowest BCUT2D eigenvalue weighted by atomic mass is 10.1. The summed E-state index contributed by atoms with van der Waals surface area (Å²) >= 11 is 0. The maximum absolute atomic E-state index is 4.61. The second kappa shape index (κ2) is 7.60. The van der Waals surface area contributed by atoms with E-state index in [-0.39, 0.29) is 0 Å². The molecule has 0 aliphatic carbocycles. The number of hydrogen-bond donors (Lipinski definition) is 1. The molecule has 1 aromatic heterocycles. The van der Waals surface area contributed by atoms with Gasteiger partial charge in [-0.05, 0) is 37.6 Å². The highest BCUT2D eigenvalue weighted by atomic mass is 15.3. The molecule has 4 nitrogen and oxygen atoms in total. The van der Waals surface area contributed by atoms with Gasteiger partial charge in [0.05, 0.1) is 0 Å². The summed E-state index contributed by atoms with van der Waals surface area (Å²) in [6.07, 6.45) is 3.24. The van der Waals surface area contributed by atoms with Crippen molar-refractivity contribution in [3.05, 3.63) is 23.9 Å². The number of nitrogens with one attached hydrogen (secondary N) is 1. The first-order chi connectivity index (χ1) is 9.65. The Hall–Kier alpha value is -1.13. The van der Waals surface area contributed by atoms with Gasteiger partial charge in [-0.3, -0.25) is 0 Å². The van der Waals surface area contributed by atoms with Gasteiger partial charge in [-0.15, -0.1) is 0 Å². The number of likely N-dealkylation sites (N-methyl/N-ethyl adjacent to an activating group) is 1. The monoisotopic (exact) mass is 276 g/mol. The van der Waals surface area contributed by atoms with Gasteiger partial charge in [0.25, 0.3) is 0 Å². The molecule has 0 amide bonds. The van der Waals surface area contributed by atoms with Crippen LogP contribution in [0, 0.1) is 5.92 Å². The van der Waals surface area contributed by atoms with E-state index in [0.29, 0.717) is 0 Å². The standard InChI is InChI=1S/C16H28N4/c1-14(2)6-7-17-12-15-4-5-16(18-13-15)20-10-8-19(3)9-11-20/h4-5,13-14,17H,6-12H2,1-3H3. The minimum absolute atomic E-state index is 0.764. The number of piperazine rings is 1. The fraction of sp³-hybridized carbons (Fsp3) is 0.688. The third kappa shape index (κ3) is 4.76.